The minimum atomic E-state index is -0.584. The van der Waals surface area contributed by atoms with Crippen molar-refractivity contribution in [3.8, 4) is 11.5 Å². The number of rotatable bonds is 3. The lowest BCUT2D eigenvalue weighted by molar-refractivity contribution is 0.1000. The van der Waals surface area contributed by atoms with Gasteiger partial charge in [0.2, 0.25) is 5.91 Å². The van der Waals surface area contributed by atoms with E-state index in [-0.39, 0.29) is 11.3 Å². The second-order valence-electron chi connectivity index (χ2n) is 3.68. The molecular formula is C13H11FN2O2. The number of anilines is 1. The summed E-state index contributed by atoms with van der Waals surface area (Å²) >= 11 is 0. The number of carbonyl (C=O) groups excluding carboxylic acids is 1. The number of hydrogen-bond donors (Lipinski definition) is 2. The van der Waals surface area contributed by atoms with Gasteiger partial charge >= 0.3 is 0 Å². The van der Waals surface area contributed by atoms with Crippen molar-refractivity contribution in [3.63, 3.8) is 0 Å². The van der Waals surface area contributed by atoms with E-state index in [1.54, 1.807) is 6.07 Å². The van der Waals surface area contributed by atoms with Gasteiger partial charge in [0, 0.05) is 11.6 Å². The average molecular weight is 246 g/mol. The van der Waals surface area contributed by atoms with E-state index in [1.807, 2.05) is 0 Å². The number of halogens is 1. The first-order valence-corrected chi connectivity index (χ1v) is 5.19. The van der Waals surface area contributed by atoms with Crippen LogP contribution in [0.15, 0.2) is 42.5 Å². The summed E-state index contributed by atoms with van der Waals surface area (Å²) in [6.07, 6.45) is 0. The predicted octanol–water partition coefficient (Wildman–Crippen LogP) is 2.30. The Labute approximate surface area is 103 Å². The SMILES string of the molecule is NC(=O)c1ccc(N)c(Oc2cccc(F)c2)c1. The van der Waals surface area contributed by atoms with E-state index in [0.717, 1.165) is 0 Å². The number of hydrogen-bond acceptors (Lipinski definition) is 3. The molecular weight excluding hydrogens is 235 g/mol. The highest BCUT2D eigenvalue weighted by Gasteiger charge is 2.07. The lowest BCUT2D eigenvalue weighted by atomic mass is 10.2. The Morgan fingerprint density at radius 1 is 1.17 bits per heavy atom. The molecule has 2 aromatic rings. The Hall–Kier alpha value is -2.56. The van der Waals surface area contributed by atoms with Gasteiger partial charge in [-0.2, -0.15) is 0 Å². The molecule has 0 atom stereocenters. The number of primary amides is 1. The molecule has 0 aliphatic rings. The summed E-state index contributed by atoms with van der Waals surface area (Å²) in [4.78, 5) is 11.0. The lowest BCUT2D eigenvalue weighted by Gasteiger charge is -2.09. The van der Waals surface area contributed by atoms with Crippen molar-refractivity contribution in [2.45, 2.75) is 0 Å². The number of amides is 1. The predicted molar refractivity (Wildman–Crippen MR) is 65.8 cm³/mol. The number of carbonyl (C=O) groups is 1. The first-order valence-electron chi connectivity index (χ1n) is 5.19. The molecule has 0 unspecified atom stereocenters. The van der Waals surface area contributed by atoms with Crippen molar-refractivity contribution in [3.05, 3.63) is 53.8 Å². The summed E-state index contributed by atoms with van der Waals surface area (Å²) < 4.78 is 18.4. The van der Waals surface area contributed by atoms with Gasteiger partial charge in [0.25, 0.3) is 0 Å². The zero-order valence-corrected chi connectivity index (χ0v) is 9.39. The van der Waals surface area contributed by atoms with Crippen LogP contribution in [0.3, 0.4) is 0 Å². The van der Waals surface area contributed by atoms with Crippen LogP contribution >= 0.6 is 0 Å². The van der Waals surface area contributed by atoms with Crippen LogP contribution in [0.2, 0.25) is 0 Å². The molecule has 0 saturated heterocycles. The molecule has 0 fully saturated rings. The topological polar surface area (TPSA) is 78.3 Å². The highest BCUT2D eigenvalue weighted by Crippen LogP contribution is 2.28. The van der Waals surface area contributed by atoms with Crippen LogP contribution in [0.1, 0.15) is 10.4 Å². The van der Waals surface area contributed by atoms with Gasteiger partial charge < -0.3 is 16.2 Å². The molecule has 18 heavy (non-hydrogen) atoms. The van der Waals surface area contributed by atoms with Crippen molar-refractivity contribution >= 4 is 11.6 Å². The van der Waals surface area contributed by atoms with Crippen molar-refractivity contribution in [2.75, 3.05) is 5.73 Å². The first kappa shape index (κ1) is 11.9. The van der Waals surface area contributed by atoms with Crippen LogP contribution < -0.4 is 16.2 Å². The summed E-state index contributed by atoms with van der Waals surface area (Å²) in [7, 11) is 0. The molecule has 0 aromatic heterocycles. The minimum Gasteiger partial charge on any atom is -0.455 e. The Morgan fingerprint density at radius 3 is 2.61 bits per heavy atom. The van der Waals surface area contributed by atoms with Crippen molar-refractivity contribution in [1.29, 1.82) is 0 Å². The zero-order valence-electron chi connectivity index (χ0n) is 9.39. The van der Waals surface area contributed by atoms with E-state index in [0.29, 0.717) is 11.4 Å². The molecule has 0 aliphatic carbocycles. The van der Waals surface area contributed by atoms with E-state index >= 15 is 0 Å². The Balaban J connectivity index is 2.33. The highest BCUT2D eigenvalue weighted by atomic mass is 19.1. The third-order valence-corrected chi connectivity index (χ3v) is 2.32. The van der Waals surface area contributed by atoms with Gasteiger partial charge in [-0.05, 0) is 30.3 Å². The summed E-state index contributed by atoms with van der Waals surface area (Å²) in [6.45, 7) is 0. The molecule has 0 radical (unpaired) electrons. The highest BCUT2D eigenvalue weighted by molar-refractivity contribution is 5.93. The summed E-state index contributed by atoms with van der Waals surface area (Å²) in [6, 6.07) is 10.0. The molecule has 92 valence electrons. The van der Waals surface area contributed by atoms with E-state index in [2.05, 4.69) is 0 Å². The quantitative estimate of drug-likeness (QED) is 0.815. The van der Waals surface area contributed by atoms with Crippen LogP contribution in [-0.4, -0.2) is 5.91 Å². The lowest BCUT2D eigenvalue weighted by Crippen LogP contribution is -2.11. The van der Waals surface area contributed by atoms with Crippen LogP contribution in [0.5, 0.6) is 11.5 Å². The van der Waals surface area contributed by atoms with Gasteiger partial charge in [0.05, 0.1) is 5.69 Å². The van der Waals surface area contributed by atoms with Gasteiger partial charge in [-0.1, -0.05) is 6.07 Å². The minimum absolute atomic E-state index is 0.261. The van der Waals surface area contributed by atoms with Crippen LogP contribution in [-0.2, 0) is 0 Å². The van der Waals surface area contributed by atoms with Crippen molar-refractivity contribution in [2.24, 2.45) is 5.73 Å². The molecule has 0 heterocycles. The van der Waals surface area contributed by atoms with E-state index in [9.17, 15) is 9.18 Å². The van der Waals surface area contributed by atoms with Crippen LogP contribution in [0.4, 0.5) is 10.1 Å². The third kappa shape index (κ3) is 2.57. The molecule has 0 aliphatic heterocycles. The first-order chi connectivity index (χ1) is 8.56. The standard InChI is InChI=1S/C13H11FN2O2/c14-9-2-1-3-10(7-9)18-12-6-8(13(16)17)4-5-11(12)15/h1-7H,15H2,(H2,16,17). The number of ether oxygens (including phenoxy) is 1. The van der Waals surface area contributed by atoms with Crippen LogP contribution in [0, 0.1) is 5.82 Å². The van der Waals surface area contributed by atoms with Gasteiger partial charge in [-0.15, -0.1) is 0 Å². The number of nitrogens with two attached hydrogens (primary N) is 2. The fraction of sp³-hybridized carbons (Fsp3) is 0. The maximum atomic E-state index is 13.0. The Kier molecular flexibility index (Phi) is 3.14. The van der Waals surface area contributed by atoms with Gasteiger partial charge in [-0.3, -0.25) is 4.79 Å². The molecule has 4 N–H and O–H groups in total. The molecule has 0 bridgehead atoms. The van der Waals surface area contributed by atoms with Crippen molar-refractivity contribution < 1.29 is 13.9 Å². The van der Waals surface area contributed by atoms with Gasteiger partial charge in [0.15, 0.2) is 5.75 Å². The van der Waals surface area contributed by atoms with Gasteiger partial charge in [-0.25, -0.2) is 4.39 Å². The molecule has 0 saturated carbocycles. The Morgan fingerprint density at radius 2 is 1.94 bits per heavy atom. The summed E-state index contributed by atoms with van der Waals surface area (Å²) in [5.41, 5.74) is 11.5. The zero-order chi connectivity index (χ0) is 13.1. The fourth-order valence-corrected chi connectivity index (χ4v) is 1.43. The van der Waals surface area contributed by atoms with Crippen molar-refractivity contribution in [1.82, 2.24) is 0 Å². The second kappa shape index (κ2) is 4.75. The molecule has 4 nitrogen and oxygen atoms in total. The molecule has 1 amide bonds. The molecule has 2 aromatic carbocycles. The number of benzene rings is 2. The fourth-order valence-electron chi connectivity index (χ4n) is 1.43. The summed E-state index contributed by atoms with van der Waals surface area (Å²) in [5.74, 6) is -0.448. The summed E-state index contributed by atoms with van der Waals surface area (Å²) in [5, 5.41) is 0. The third-order valence-electron chi connectivity index (χ3n) is 2.32. The number of nitrogen functional groups attached to an aromatic ring is 1. The molecule has 5 heteroatoms. The smallest absolute Gasteiger partial charge is 0.248 e. The van der Waals surface area contributed by atoms with E-state index < -0.39 is 11.7 Å². The van der Waals surface area contributed by atoms with E-state index in [4.69, 9.17) is 16.2 Å². The largest absolute Gasteiger partial charge is 0.455 e. The maximum absolute atomic E-state index is 13.0. The average Bonchev–Trinajstić information content (AvgIpc) is 2.31. The molecule has 2 rings (SSSR count). The second-order valence-corrected chi connectivity index (χ2v) is 3.68. The molecule has 0 spiro atoms. The maximum Gasteiger partial charge on any atom is 0.248 e. The Bertz CT molecular complexity index is 599. The monoisotopic (exact) mass is 246 g/mol. The normalized spacial score (nSPS) is 10.1. The van der Waals surface area contributed by atoms with Crippen LogP contribution in [0.25, 0.3) is 0 Å². The van der Waals surface area contributed by atoms with Gasteiger partial charge in [0.1, 0.15) is 11.6 Å². The van der Waals surface area contributed by atoms with E-state index in [1.165, 1.54) is 36.4 Å².